The first-order valence-electron chi connectivity index (χ1n) is 3.57. The van der Waals surface area contributed by atoms with Crippen LogP contribution >= 0.6 is 0 Å². The number of nitrogens with one attached hydrogen (secondary N) is 1. The molecule has 8 heteroatoms. The number of amides is 1. The highest BCUT2D eigenvalue weighted by Gasteiger charge is 2.13. The van der Waals surface area contributed by atoms with Gasteiger partial charge in [-0.1, -0.05) is 0 Å². The molecule has 0 aliphatic carbocycles. The van der Waals surface area contributed by atoms with Gasteiger partial charge in [0.05, 0.1) is 13.1 Å². The van der Waals surface area contributed by atoms with Crippen molar-refractivity contribution in [2.75, 3.05) is 19.6 Å². The van der Waals surface area contributed by atoms with Gasteiger partial charge < -0.3 is 10.2 Å². The topological polar surface area (TPSA) is 127 Å². The highest BCUT2D eigenvalue weighted by molar-refractivity contribution is 5.82. The maximum atomic E-state index is 10.8. The minimum Gasteiger partial charge on any atom is -0.480 e. The molecule has 0 saturated heterocycles. The summed E-state index contributed by atoms with van der Waals surface area (Å²) in [6.07, 6.45) is 0. The molecule has 0 unspecified atom stereocenters. The molecule has 0 aromatic rings. The van der Waals surface area contributed by atoms with Crippen molar-refractivity contribution < 1.29 is 29.8 Å². The van der Waals surface area contributed by atoms with Crippen LogP contribution in [0.5, 0.6) is 0 Å². The summed E-state index contributed by atoms with van der Waals surface area (Å²) in [6, 6.07) is 0. The Bertz CT molecular complexity index is 240. The van der Waals surface area contributed by atoms with Crippen LogP contribution in [-0.2, 0) is 14.4 Å². The molecule has 0 aromatic heterocycles. The number of hydroxylamine groups is 2. The third-order valence-electron chi connectivity index (χ3n) is 1.13. The Labute approximate surface area is 78.7 Å². The molecule has 4 N–H and O–H groups in total. The molecule has 1 amide bonds. The first-order valence-corrected chi connectivity index (χ1v) is 3.57. The average Bonchev–Trinajstić information content (AvgIpc) is 2.01. The van der Waals surface area contributed by atoms with Gasteiger partial charge in [0.2, 0.25) is 0 Å². The predicted octanol–water partition coefficient (Wildman–Crippen LogP) is -2.04. The first-order chi connectivity index (χ1) is 6.43. The minimum absolute atomic E-state index is 0.00279. The monoisotopic (exact) mass is 206 g/mol. The SMILES string of the molecule is O=C(O)CNCC(=O)N(O)CC(=O)O. The van der Waals surface area contributed by atoms with Crippen LogP contribution in [0.4, 0.5) is 0 Å². The standard InChI is InChI=1S/C6H10N2O6/c9-4(1-7-2-5(10)11)8(14)3-6(12)13/h7,14H,1-3H2,(H,10,11)(H,12,13). The number of carbonyl (C=O) groups is 3. The Morgan fingerprint density at radius 2 is 1.64 bits per heavy atom. The lowest BCUT2D eigenvalue weighted by Crippen LogP contribution is -2.40. The molecule has 0 spiro atoms. The van der Waals surface area contributed by atoms with E-state index in [2.05, 4.69) is 5.32 Å². The zero-order valence-electron chi connectivity index (χ0n) is 7.13. The van der Waals surface area contributed by atoms with Crippen molar-refractivity contribution in [3.8, 4) is 0 Å². The number of aliphatic carboxylic acids is 2. The van der Waals surface area contributed by atoms with Gasteiger partial charge in [-0.2, -0.15) is 0 Å². The molecule has 0 atom stereocenters. The summed E-state index contributed by atoms with van der Waals surface area (Å²) >= 11 is 0. The molecule has 0 aliphatic rings. The summed E-state index contributed by atoms with van der Waals surface area (Å²) in [7, 11) is 0. The highest BCUT2D eigenvalue weighted by Crippen LogP contribution is 1.82. The molecule has 14 heavy (non-hydrogen) atoms. The average molecular weight is 206 g/mol. The Morgan fingerprint density at radius 3 is 2.07 bits per heavy atom. The normalized spacial score (nSPS) is 9.50. The van der Waals surface area contributed by atoms with E-state index in [1.54, 1.807) is 0 Å². The summed E-state index contributed by atoms with van der Waals surface area (Å²) < 4.78 is 0. The van der Waals surface area contributed by atoms with E-state index in [0.29, 0.717) is 0 Å². The summed E-state index contributed by atoms with van der Waals surface area (Å²) in [5, 5.41) is 27.3. The van der Waals surface area contributed by atoms with Crippen LogP contribution in [0.3, 0.4) is 0 Å². The van der Waals surface area contributed by atoms with Gasteiger partial charge >= 0.3 is 11.9 Å². The van der Waals surface area contributed by atoms with Crippen molar-refractivity contribution in [3.63, 3.8) is 0 Å². The Hall–Kier alpha value is -1.67. The van der Waals surface area contributed by atoms with E-state index in [1.807, 2.05) is 0 Å². The van der Waals surface area contributed by atoms with E-state index in [9.17, 15) is 14.4 Å². The van der Waals surface area contributed by atoms with E-state index >= 15 is 0 Å². The summed E-state index contributed by atoms with van der Waals surface area (Å²) in [5.41, 5.74) is 0. The maximum absolute atomic E-state index is 10.8. The Balaban J connectivity index is 3.73. The van der Waals surface area contributed by atoms with E-state index < -0.39 is 37.5 Å². The number of hydrogen-bond acceptors (Lipinski definition) is 5. The van der Waals surface area contributed by atoms with Crippen molar-refractivity contribution >= 4 is 17.8 Å². The van der Waals surface area contributed by atoms with Crippen LogP contribution < -0.4 is 5.32 Å². The van der Waals surface area contributed by atoms with E-state index in [0.717, 1.165) is 0 Å². The number of nitrogens with zero attached hydrogens (tertiary/aromatic N) is 1. The minimum atomic E-state index is -1.36. The Kier molecular flexibility index (Phi) is 5.19. The molecule has 0 heterocycles. The van der Waals surface area contributed by atoms with Gasteiger partial charge in [-0.3, -0.25) is 24.9 Å². The second-order valence-corrected chi connectivity index (χ2v) is 2.34. The zero-order chi connectivity index (χ0) is 11.1. The molecular formula is C6H10N2O6. The van der Waals surface area contributed by atoms with Crippen molar-refractivity contribution in [1.29, 1.82) is 0 Å². The van der Waals surface area contributed by atoms with Crippen LogP contribution in [0, 0.1) is 0 Å². The van der Waals surface area contributed by atoms with E-state index in [-0.39, 0.29) is 5.06 Å². The molecule has 0 aliphatic heterocycles. The number of carbonyl (C=O) groups excluding carboxylic acids is 1. The Morgan fingerprint density at radius 1 is 1.07 bits per heavy atom. The second-order valence-electron chi connectivity index (χ2n) is 2.34. The lowest BCUT2D eigenvalue weighted by atomic mass is 10.5. The van der Waals surface area contributed by atoms with Gasteiger partial charge in [-0.25, -0.2) is 5.06 Å². The van der Waals surface area contributed by atoms with Gasteiger partial charge in [0, 0.05) is 0 Å². The third-order valence-corrected chi connectivity index (χ3v) is 1.13. The summed E-state index contributed by atoms with van der Waals surface area (Å²) in [4.78, 5) is 30.8. The lowest BCUT2D eigenvalue weighted by molar-refractivity contribution is -0.172. The number of hydrogen-bond donors (Lipinski definition) is 4. The largest absolute Gasteiger partial charge is 0.480 e. The summed E-state index contributed by atoms with van der Waals surface area (Å²) in [5.74, 6) is -3.42. The van der Waals surface area contributed by atoms with Crippen molar-refractivity contribution in [3.05, 3.63) is 0 Å². The maximum Gasteiger partial charge on any atom is 0.325 e. The molecule has 0 saturated carbocycles. The summed E-state index contributed by atoms with van der Waals surface area (Å²) in [6.45, 7) is -1.71. The van der Waals surface area contributed by atoms with Gasteiger partial charge in [-0.05, 0) is 0 Å². The lowest BCUT2D eigenvalue weighted by Gasteiger charge is -2.11. The van der Waals surface area contributed by atoms with Crippen molar-refractivity contribution in [2.24, 2.45) is 0 Å². The van der Waals surface area contributed by atoms with E-state index in [4.69, 9.17) is 15.4 Å². The molecule has 80 valence electrons. The molecule has 0 bridgehead atoms. The van der Waals surface area contributed by atoms with Gasteiger partial charge in [0.25, 0.3) is 5.91 Å². The smallest absolute Gasteiger partial charge is 0.325 e. The van der Waals surface area contributed by atoms with Crippen LogP contribution in [0.25, 0.3) is 0 Å². The number of carboxylic acids is 2. The highest BCUT2D eigenvalue weighted by atomic mass is 16.5. The molecule has 0 radical (unpaired) electrons. The van der Waals surface area contributed by atoms with Gasteiger partial charge in [0.15, 0.2) is 0 Å². The van der Waals surface area contributed by atoms with Crippen molar-refractivity contribution in [2.45, 2.75) is 0 Å². The van der Waals surface area contributed by atoms with Crippen molar-refractivity contribution in [1.82, 2.24) is 10.4 Å². The van der Waals surface area contributed by atoms with Crippen LogP contribution in [-0.4, -0.2) is 58.0 Å². The van der Waals surface area contributed by atoms with E-state index in [1.165, 1.54) is 0 Å². The molecule has 0 aromatic carbocycles. The second kappa shape index (κ2) is 5.89. The predicted molar refractivity (Wildman–Crippen MR) is 41.6 cm³/mol. The van der Waals surface area contributed by atoms with Crippen LogP contribution in [0.1, 0.15) is 0 Å². The molecule has 8 nitrogen and oxygen atoms in total. The van der Waals surface area contributed by atoms with Gasteiger partial charge in [-0.15, -0.1) is 0 Å². The molecular weight excluding hydrogens is 196 g/mol. The molecule has 0 rings (SSSR count). The van der Waals surface area contributed by atoms with Crippen LogP contribution in [0.15, 0.2) is 0 Å². The fraction of sp³-hybridized carbons (Fsp3) is 0.500. The number of carboxylic acid groups (broad SMARTS) is 2. The fourth-order valence-electron chi connectivity index (χ4n) is 0.584. The molecule has 0 fully saturated rings. The zero-order valence-corrected chi connectivity index (χ0v) is 7.13. The number of rotatable bonds is 6. The third kappa shape index (κ3) is 5.91. The quantitative estimate of drug-likeness (QED) is 0.291. The van der Waals surface area contributed by atoms with Gasteiger partial charge in [0.1, 0.15) is 6.54 Å². The van der Waals surface area contributed by atoms with Crippen LogP contribution in [0.2, 0.25) is 0 Å². The first kappa shape index (κ1) is 12.3. The fourth-order valence-corrected chi connectivity index (χ4v) is 0.584.